The number of benzene rings is 1. The lowest BCUT2D eigenvalue weighted by Gasteiger charge is -2.35. The summed E-state index contributed by atoms with van der Waals surface area (Å²) in [4.78, 5) is 14.4. The predicted octanol–water partition coefficient (Wildman–Crippen LogP) is 7.75. The third-order valence-corrected chi connectivity index (χ3v) is 6.59. The summed E-state index contributed by atoms with van der Waals surface area (Å²) in [6, 6.07) is 4.11. The third-order valence-electron chi connectivity index (χ3n) is 6.36. The van der Waals surface area contributed by atoms with E-state index in [9.17, 15) is 9.18 Å². The zero-order valence-corrected chi connectivity index (χ0v) is 24.6. The summed E-state index contributed by atoms with van der Waals surface area (Å²) in [6.07, 6.45) is 4.01. The Kier molecular flexibility index (Phi) is 13.1. The van der Waals surface area contributed by atoms with Crippen molar-refractivity contribution >= 4 is 23.4 Å². The second kappa shape index (κ2) is 15.0. The van der Waals surface area contributed by atoms with Crippen LogP contribution in [0.2, 0.25) is 5.02 Å². The van der Waals surface area contributed by atoms with Gasteiger partial charge in [-0.15, -0.1) is 6.58 Å². The van der Waals surface area contributed by atoms with Gasteiger partial charge in [-0.1, -0.05) is 41.5 Å². The Morgan fingerprint density at radius 1 is 1.30 bits per heavy atom. The first-order chi connectivity index (χ1) is 17.2. The molecule has 0 spiro atoms. The van der Waals surface area contributed by atoms with E-state index in [4.69, 9.17) is 16.3 Å². The van der Waals surface area contributed by atoms with E-state index in [1.165, 1.54) is 12.1 Å². The van der Waals surface area contributed by atoms with Gasteiger partial charge in [-0.2, -0.15) is 5.11 Å². The molecule has 0 fully saturated rings. The van der Waals surface area contributed by atoms with E-state index >= 15 is 0 Å². The first-order valence-corrected chi connectivity index (χ1v) is 13.1. The molecule has 1 rings (SSSR count). The van der Waals surface area contributed by atoms with E-state index in [2.05, 4.69) is 22.2 Å². The van der Waals surface area contributed by atoms with Crippen molar-refractivity contribution < 1.29 is 13.9 Å². The Hall–Kier alpha value is -2.61. The molecule has 7 nitrogen and oxygen atoms in total. The Balaban J connectivity index is 2.81. The highest BCUT2D eigenvalue weighted by molar-refractivity contribution is 6.30. The molecular formula is C28H45ClFN5O2. The molecule has 1 amide bonds. The summed E-state index contributed by atoms with van der Waals surface area (Å²) >= 11 is 6.05. The number of halogens is 2. The first-order valence-electron chi connectivity index (χ1n) is 12.8. The number of allylic oxidation sites excluding steroid dienone is 1. The Bertz CT molecular complexity index is 947. The average Bonchev–Trinajstić information content (AvgIpc) is 2.82. The zero-order valence-electron chi connectivity index (χ0n) is 23.9. The fourth-order valence-electron chi connectivity index (χ4n) is 3.60. The zero-order chi connectivity index (χ0) is 28.3. The Morgan fingerprint density at radius 3 is 2.51 bits per heavy atom. The number of nitrogens with one attached hydrogen (secondary N) is 1. The van der Waals surface area contributed by atoms with Gasteiger partial charge in [-0.25, -0.2) is 9.18 Å². The van der Waals surface area contributed by atoms with Gasteiger partial charge in [0, 0.05) is 43.2 Å². The van der Waals surface area contributed by atoms with Crippen molar-refractivity contribution in [2.45, 2.75) is 85.5 Å². The predicted molar refractivity (Wildman–Crippen MR) is 152 cm³/mol. The Morgan fingerprint density at radius 2 is 1.95 bits per heavy atom. The molecule has 0 aliphatic carbocycles. The Labute approximate surface area is 227 Å². The molecule has 0 heterocycles. The van der Waals surface area contributed by atoms with Crippen molar-refractivity contribution in [1.82, 2.24) is 9.91 Å². The van der Waals surface area contributed by atoms with E-state index in [0.29, 0.717) is 30.2 Å². The summed E-state index contributed by atoms with van der Waals surface area (Å²) in [5.41, 5.74) is 0.878. The van der Waals surface area contributed by atoms with Gasteiger partial charge in [0.2, 0.25) is 0 Å². The van der Waals surface area contributed by atoms with Crippen LogP contribution in [0.4, 0.5) is 14.9 Å². The molecule has 3 unspecified atom stereocenters. The lowest BCUT2D eigenvalue weighted by atomic mass is 9.95. The molecule has 0 saturated carbocycles. The van der Waals surface area contributed by atoms with Crippen LogP contribution in [-0.2, 0) is 4.74 Å². The van der Waals surface area contributed by atoms with Crippen LogP contribution in [0.15, 0.2) is 52.8 Å². The topological polar surface area (TPSA) is 69.5 Å². The molecule has 208 valence electrons. The third kappa shape index (κ3) is 11.1. The molecule has 0 aliphatic heterocycles. The SMILES string of the molecule is C=CCN(C(=O)OC(C)(C)C)C(C)C(C)[C@H](C)N=NN(C)CCC(Nc1cc(Cl)ccc1F)/C(C)=C/C. The van der Waals surface area contributed by atoms with Crippen LogP contribution in [0.1, 0.15) is 61.8 Å². The van der Waals surface area contributed by atoms with Crippen LogP contribution < -0.4 is 5.32 Å². The number of hydrogen-bond donors (Lipinski definition) is 1. The monoisotopic (exact) mass is 537 g/mol. The molecule has 0 aromatic heterocycles. The minimum absolute atomic E-state index is 0.0232. The number of nitrogens with zero attached hydrogens (tertiary/aromatic N) is 4. The van der Waals surface area contributed by atoms with Crippen LogP contribution >= 0.6 is 11.6 Å². The number of anilines is 1. The molecular weight excluding hydrogens is 493 g/mol. The minimum atomic E-state index is -0.579. The van der Waals surface area contributed by atoms with E-state index in [0.717, 1.165) is 5.57 Å². The van der Waals surface area contributed by atoms with Crippen LogP contribution in [0, 0.1) is 11.7 Å². The molecule has 0 aliphatic rings. The van der Waals surface area contributed by atoms with Gasteiger partial charge in [0.25, 0.3) is 0 Å². The quantitative estimate of drug-likeness (QED) is 0.159. The van der Waals surface area contributed by atoms with Gasteiger partial charge in [0.1, 0.15) is 11.4 Å². The molecule has 0 radical (unpaired) electrons. The van der Waals surface area contributed by atoms with E-state index in [1.807, 2.05) is 68.5 Å². The highest BCUT2D eigenvalue weighted by Gasteiger charge is 2.30. The number of amides is 1. The smallest absolute Gasteiger partial charge is 0.410 e. The van der Waals surface area contributed by atoms with Crippen molar-refractivity contribution in [2.24, 2.45) is 16.3 Å². The van der Waals surface area contributed by atoms with Gasteiger partial charge in [0.05, 0.1) is 11.7 Å². The van der Waals surface area contributed by atoms with Gasteiger partial charge >= 0.3 is 6.09 Å². The molecule has 1 aromatic rings. The summed E-state index contributed by atoms with van der Waals surface area (Å²) in [6.45, 7) is 20.3. The van der Waals surface area contributed by atoms with Crippen molar-refractivity contribution in [2.75, 3.05) is 25.5 Å². The average molecular weight is 538 g/mol. The standard InChI is InChI=1S/C28H45ClFN5O2/c1-11-16-35(27(36)37-28(7,8)9)22(6)20(4)21(5)32-33-34(10)17-15-25(19(3)12-2)31-26-18-23(29)13-14-24(26)30/h11-14,18,20-22,25,31H,1,15-17H2,2-10H3/b19-12+,33-32?/t20?,21-,22?,25?/m0/s1. The number of rotatable bonds is 13. The largest absolute Gasteiger partial charge is 0.444 e. The second-order valence-electron chi connectivity index (χ2n) is 10.5. The maximum atomic E-state index is 14.3. The summed E-state index contributed by atoms with van der Waals surface area (Å²) in [5.74, 6) is -0.324. The van der Waals surface area contributed by atoms with E-state index in [-0.39, 0.29) is 36.0 Å². The van der Waals surface area contributed by atoms with Crippen LogP contribution in [0.5, 0.6) is 0 Å². The lowest BCUT2D eigenvalue weighted by molar-refractivity contribution is 0.0143. The summed E-state index contributed by atoms with van der Waals surface area (Å²) < 4.78 is 19.8. The van der Waals surface area contributed by atoms with Crippen molar-refractivity contribution in [3.63, 3.8) is 0 Å². The fraction of sp³-hybridized carbons (Fsp3) is 0.607. The minimum Gasteiger partial charge on any atom is -0.444 e. The van der Waals surface area contributed by atoms with E-state index in [1.54, 1.807) is 22.1 Å². The van der Waals surface area contributed by atoms with Crippen molar-refractivity contribution in [3.8, 4) is 0 Å². The molecule has 0 saturated heterocycles. The maximum absolute atomic E-state index is 14.3. The number of hydrogen-bond acceptors (Lipinski definition) is 5. The van der Waals surface area contributed by atoms with E-state index < -0.39 is 5.60 Å². The van der Waals surface area contributed by atoms with Gasteiger partial charge in [-0.05, 0) is 73.1 Å². The van der Waals surface area contributed by atoms with Gasteiger partial charge < -0.3 is 15.0 Å². The summed E-state index contributed by atoms with van der Waals surface area (Å²) in [7, 11) is 1.86. The molecule has 1 aromatic carbocycles. The summed E-state index contributed by atoms with van der Waals surface area (Å²) in [5, 5.41) is 14.4. The molecule has 0 bridgehead atoms. The maximum Gasteiger partial charge on any atom is 0.410 e. The van der Waals surface area contributed by atoms with Crippen LogP contribution in [-0.4, -0.2) is 59.9 Å². The lowest BCUT2D eigenvalue weighted by Crippen LogP contribution is -2.46. The normalized spacial score (nSPS) is 15.6. The van der Waals surface area contributed by atoms with Crippen LogP contribution in [0.3, 0.4) is 0 Å². The van der Waals surface area contributed by atoms with Crippen molar-refractivity contribution in [1.29, 1.82) is 0 Å². The van der Waals surface area contributed by atoms with Gasteiger partial charge in [0.15, 0.2) is 0 Å². The first kappa shape index (κ1) is 32.4. The molecule has 1 N–H and O–H groups in total. The number of ether oxygens (including phenoxy) is 1. The molecule has 37 heavy (non-hydrogen) atoms. The highest BCUT2D eigenvalue weighted by Crippen LogP contribution is 2.24. The highest BCUT2D eigenvalue weighted by atomic mass is 35.5. The fourth-order valence-corrected chi connectivity index (χ4v) is 3.77. The van der Waals surface area contributed by atoms with Crippen LogP contribution in [0.25, 0.3) is 0 Å². The van der Waals surface area contributed by atoms with Gasteiger partial charge in [-0.3, -0.25) is 5.01 Å². The molecule has 4 atom stereocenters. The number of carbonyl (C=O) groups excluding carboxylic acids is 1. The second-order valence-corrected chi connectivity index (χ2v) is 10.9. The van der Waals surface area contributed by atoms with Crippen molar-refractivity contribution in [3.05, 3.63) is 53.3 Å². The molecule has 9 heteroatoms. The number of carbonyl (C=O) groups is 1.